The Labute approximate surface area is 187 Å². The van der Waals surface area contributed by atoms with Gasteiger partial charge in [0.15, 0.2) is 0 Å². The normalized spacial score (nSPS) is 15.2. The van der Waals surface area contributed by atoms with Crippen LogP contribution in [0.5, 0.6) is 0 Å². The van der Waals surface area contributed by atoms with Crippen LogP contribution in [0.15, 0.2) is 60.3 Å². The third-order valence-electron chi connectivity index (χ3n) is 5.10. The summed E-state index contributed by atoms with van der Waals surface area (Å²) in [5.74, 6) is -0.918. The van der Waals surface area contributed by atoms with Gasteiger partial charge >= 0.3 is 6.03 Å². The molecule has 1 aliphatic rings. The highest BCUT2D eigenvalue weighted by Crippen LogP contribution is 2.25. The first-order valence-electron chi connectivity index (χ1n) is 9.38. The summed E-state index contributed by atoms with van der Waals surface area (Å²) in [6.07, 6.45) is 1.67. The number of amides is 3. The number of hydrogen-bond acceptors (Lipinski definition) is 2. The van der Waals surface area contributed by atoms with E-state index in [4.69, 9.17) is 0 Å². The third-order valence-corrected chi connectivity index (χ3v) is 5.82. The SMILES string of the molecule is Cc1cc(C=C2NC(=O)N(Cc3ccccc3F)C2=O)c(C)n1-c1ccc(I)cc1. The molecule has 0 saturated carbocycles. The molecule has 1 fully saturated rings. The second-order valence-corrected chi connectivity index (χ2v) is 8.35. The van der Waals surface area contributed by atoms with Crippen LogP contribution < -0.4 is 5.32 Å². The van der Waals surface area contributed by atoms with Crippen LogP contribution >= 0.6 is 22.6 Å². The third kappa shape index (κ3) is 3.77. The van der Waals surface area contributed by atoms with E-state index in [0.717, 1.165) is 31.1 Å². The van der Waals surface area contributed by atoms with Crippen molar-refractivity contribution in [3.05, 3.63) is 92.2 Å². The molecule has 0 spiro atoms. The second kappa shape index (κ2) is 8.06. The van der Waals surface area contributed by atoms with Crippen molar-refractivity contribution >= 4 is 40.6 Å². The standard InChI is InChI=1S/C23H19FIN3O2/c1-14-11-17(15(2)28(14)19-9-7-18(25)8-10-19)12-21-22(29)27(23(30)26-21)13-16-5-3-4-6-20(16)24/h3-12H,13H2,1-2H3,(H,26,30). The lowest BCUT2D eigenvalue weighted by molar-refractivity contribution is -0.123. The molecule has 0 radical (unpaired) electrons. The van der Waals surface area contributed by atoms with Gasteiger partial charge in [-0.15, -0.1) is 0 Å². The Morgan fingerprint density at radius 1 is 1.07 bits per heavy atom. The van der Waals surface area contributed by atoms with Gasteiger partial charge in [0.1, 0.15) is 11.5 Å². The molecule has 1 saturated heterocycles. The average molecular weight is 515 g/mol. The van der Waals surface area contributed by atoms with Crippen LogP contribution in [0.2, 0.25) is 0 Å². The summed E-state index contributed by atoms with van der Waals surface area (Å²) < 4.78 is 17.2. The molecule has 0 aliphatic carbocycles. The van der Waals surface area contributed by atoms with E-state index in [0.29, 0.717) is 5.56 Å². The Morgan fingerprint density at radius 3 is 2.47 bits per heavy atom. The number of aromatic nitrogens is 1. The molecule has 1 aliphatic heterocycles. The molecule has 5 nitrogen and oxygen atoms in total. The zero-order valence-corrected chi connectivity index (χ0v) is 18.6. The van der Waals surface area contributed by atoms with Crippen LogP contribution in [0.1, 0.15) is 22.5 Å². The summed E-state index contributed by atoms with van der Waals surface area (Å²) in [6, 6.07) is 15.7. The Balaban J connectivity index is 1.63. The van der Waals surface area contributed by atoms with Gasteiger partial charge in [0.25, 0.3) is 5.91 Å². The quantitative estimate of drug-likeness (QED) is 0.305. The second-order valence-electron chi connectivity index (χ2n) is 7.11. The van der Waals surface area contributed by atoms with Crippen LogP contribution in [0, 0.1) is 23.2 Å². The molecule has 7 heteroatoms. The van der Waals surface area contributed by atoms with Gasteiger partial charge in [0.05, 0.1) is 6.54 Å². The molecule has 3 aromatic rings. The van der Waals surface area contributed by atoms with Gasteiger partial charge in [-0.1, -0.05) is 18.2 Å². The minimum atomic E-state index is -0.555. The van der Waals surface area contributed by atoms with Gasteiger partial charge in [-0.2, -0.15) is 0 Å². The Morgan fingerprint density at radius 2 is 1.77 bits per heavy atom. The fraction of sp³-hybridized carbons (Fsp3) is 0.130. The van der Waals surface area contributed by atoms with E-state index in [1.165, 1.54) is 6.07 Å². The number of nitrogens with one attached hydrogen (secondary N) is 1. The van der Waals surface area contributed by atoms with Gasteiger partial charge < -0.3 is 9.88 Å². The monoisotopic (exact) mass is 515 g/mol. The number of benzene rings is 2. The lowest BCUT2D eigenvalue weighted by atomic mass is 10.2. The highest BCUT2D eigenvalue weighted by Gasteiger charge is 2.34. The molecule has 2 heterocycles. The van der Waals surface area contributed by atoms with Crippen LogP contribution in [0.25, 0.3) is 11.8 Å². The van der Waals surface area contributed by atoms with Crippen molar-refractivity contribution in [3.8, 4) is 5.69 Å². The number of aryl methyl sites for hydroxylation is 1. The molecule has 3 amide bonds. The van der Waals surface area contributed by atoms with E-state index in [9.17, 15) is 14.0 Å². The zero-order valence-electron chi connectivity index (χ0n) is 16.4. The lowest BCUT2D eigenvalue weighted by Crippen LogP contribution is -2.30. The Kier molecular flexibility index (Phi) is 5.46. The topological polar surface area (TPSA) is 54.3 Å². The number of rotatable bonds is 4. The van der Waals surface area contributed by atoms with Crippen molar-refractivity contribution in [1.29, 1.82) is 0 Å². The van der Waals surface area contributed by atoms with E-state index < -0.39 is 17.8 Å². The first kappa shape index (κ1) is 20.3. The maximum absolute atomic E-state index is 13.9. The molecule has 0 unspecified atom stereocenters. The number of halogens is 2. The van der Waals surface area contributed by atoms with Crippen molar-refractivity contribution < 1.29 is 14.0 Å². The summed E-state index contributed by atoms with van der Waals surface area (Å²) in [4.78, 5) is 26.1. The van der Waals surface area contributed by atoms with Crippen molar-refractivity contribution in [2.45, 2.75) is 20.4 Å². The number of carbonyl (C=O) groups excluding carboxylic acids is 2. The number of hydrogen-bond donors (Lipinski definition) is 1. The first-order chi connectivity index (χ1) is 14.3. The van der Waals surface area contributed by atoms with Crippen LogP contribution in [0.4, 0.5) is 9.18 Å². The Bertz CT molecular complexity index is 1180. The van der Waals surface area contributed by atoms with Gasteiger partial charge in [0, 0.05) is 26.2 Å². The summed E-state index contributed by atoms with van der Waals surface area (Å²) in [7, 11) is 0. The number of imide groups is 1. The lowest BCUT2D eigenvalue weighted by Gasteiger charge is -2.12. The Hall–Kier alpha value is -2.94. The predicted molar refractivity (Wildman–Crippen MR) is 121 cm³/mol. The van der Waals surface area contributed by atoms with Crippen molar-refractivity contribution in [2.24, 2.45) is 0 Å². The minimum absolute atomic E-state index is 0.115. The predicted octanol–water partition coefficient (Wildman–Crippen LogP) is 4.93. The van der Waals surface area contributed by atoms with E-state index in [1.54, 1.807) is 24.3 Å². The molecule has 0 atom stereocenters. The van der Waals surface area contributed by atoms with Gasteiger partial charge in [-0.25, -0.2) is 9.18 Å². The maximum atomic E-state index is 13.9. The molecule has 152 valence electrons. The van der Waals surface area contributed by atoms with Crippen molar-refractivity contribution in [2.75, 3.05) is 0 Å². The van der Waals surface area contributed by atoms with E-state index >= 15 is 0 Å². The first-order valence-corrected chi connectivity index (χ1v) is 10.5. The zero-order chi connectivity index (χ0) is 21.4. The highest BCUT2D eigenvalue weighted by atomic mass is 127. The van der Waals surface area contributed by atoms with Crippen LogP contribution in [-0.4, -0.2) is 21.4 Å². The maximum Gasteiger partial charge on any atom is 0.329 e. The number of nitrogens with zero attached hydrogens (tertiary/aromatic N) is 2. The summed E-state index contributed by atoms with van der Waals surface area (Å²) in [5.41, 5.74) is 4.30. The van der Waals surface area contributed by atoms with Gasteiger partial charge in [0.2, 0.25) is 0 Å². The minimum Gasteiger partial charge on any atom is -0.318 e. The fourth-order valence-electron chi connectivity index (χ4n) is 3.59. The summed E-state index contributed by atoms with van der Waals surface area (Å²) >= 11 is 2.26. The molecular formula is C23H19FIN3O2. The number of carbonyl (C=O) groups is 2. The molecule has 4 rings (SSSR count). The van der Waals surface area contributed by atoms with E-state index in [-0.39, 0.29) is 12.2 Å². The van der Waals surface area contributed by atoms with Crippen molar-refractivity contribution in [1.82, 2.24) is 14.8 Å². The van der Waals surface area contributed by atoms with Gasteiger partial charge in [-0.05, 0) is 84.5 Å². The highest BCUT2D eigenvalue weighted by molar-refractivity contribution is 14.1. The molecule has 1 N–H and O–H groups in total. The molecular weight excluding hydrogens is 496 g/mol. The van der Waals surface area contributed by atoms with Gasteiger partial charge in [-0.3, -0.25) is 9.69 Å². The van der Waals surface area contributed by atoms with E-state index in [1.807, 2.05) is 44.2 Å². The molecule has 2 aromatic carbocycles. The smallest absolute Gasteiger partial charge is 0.318 e. The molecule has 1 aromatic heterocycles. The average Bonchev–Trinajstić information content (AvgIpc) is 3.14. The van der Waals surface area contributed by atoms with Crippen molar-refractivity contribution in [3.63, 3.8) is 0 Å². The molecule has 0 bridgehead atoms. The number of urea groups is 1. The van der Waals surface area contributed by atoms with Crippen LogP contribution in [-0.2, 0) is 11.3 Å². The fourth-order valence-corrected chi connectivity index (χ4v) is 3.95. The molecule has 30 heavy (non-hydrogen) atoms. The summed E-state index contributed by atoms with van der Waals surface area (Å²) in [5, 5.41) is 2.61. The van der Waals surface area contributed by atoms with E-state index in [2.05, 4.69) is 32.5 Å². The largest absolute Gasteiger partial charge is 0.329 e. The summed E-state index contributed by atoms with van der Waals surface area (Å²) in [6.45, 7) is 3.85. The van der Waals surface area contributed by atoms with Crippen LogP contribution in [0.3, 0.4) is 0 Å².